The Hall–Kier alpha value is -1.50. The summed E-state index contributed by atoms with van der Waals surface area (Å²) in [7, 11) is 0. The van der Waals surface area contributed by atoms with Crippen LogP contribution in [-0.2, 0) is 4.74 Å². The van der Waals surface area contributed by atoms with Gasteiger partial charge in [0.25, 0.3) is 5.91 Å². The molecule has 0 spiro atoms. The van der Waals surface area contributed by atoms with E-state index in [-0.39, 0.29) is 17.6 Å². The van der Waals surface area contributed by atoms with Crippen molar-refractivity contribution in [1.82, 2.24) is 10.2 Å². The number of anilines is 1. The van der Waals surface area contributed by atoms with Gasteiger partial charge in [-0.15, -0.1) is 0 Å². The number of carbonyl (C=O) groups is 1. The number of hydrogen-bond donors (Lipinski definition) is 2. The zero-order valence-corrected chi connectivity index (χ0v) is 18.9. The first-order valence-corrected chi connectivity index (χ1v) is 10.3. The van der Waals surface area contributed by atoms with E-state index in [1.54, 1.807) is 12.1 Å². The summed E-state index contributed by atoms with van der Waals surface area (Å²) in [5.74, 6) is 0.215. The Kier molecular flexibility index (Phi) is 10.1. The van der Waals surface area contributed by atoms with Crippen LogP contribution in [0.5, 0.6) is 5.75 Å². The Morgan fingerprint density at radius 2 is 1.93 bits per heavy atom. The third-order valence-corrected chi connectivity index (χ3v) is 4.67. The number of halogens is 1. The molecular formula is C21H36ClN3O3. The Morgan fingerprint density at radius 3 is 2.50 bits per heavy atom. The van der Waals surface area contributed by atoms with E-state index in [9.17, 15) is 4.79 Å². The van der Waals surface area contributed by atoms with E-state index in [1.165, 1.54) is 0 Å². The molecule has 1 rings (SSSR count). The molecule has 0 aliphatic carbocycles. The molecule has 6 nitrogen and oxygen atoms in total. The first-order valence-electron chi connectivity index (χ1n) is 9.97. The smallest absolute Gasteiger partial charge is 0.255 e. The maximum absolute atomic E-state index is 12.7. The van der Waals surface area contributed by atoms with E-state index in [0.717, 1.165) is 19.6 Å². The average Bonchev–Trinajstić information content (AvgIpc) is 2.60. The number of benzene rings is 1. The third-order valence-electron chi connectivity index (χ3n) is 4.34. The normalized spacial score (nSPS) is 12.9. The predicted octanol–water partition coefficient (Wildman–Crippen LogP) is 3.97. The van der Waals surface area contributed by atoms with Crippen LogP contribution in [0.15, 0.2) is 12.1 Å². The summed E-state index contributed by atoms with van der Waals surface area (Å²) >= 11 is 6.14. The molecule has 0 radical (unpaired) electrons. The highest BCUT2D eigenvalue weighted by molar-refractivity contribution is 6.33. The number of nitrogens with one attached hydrogen (secondary N) is 1. The van der Waals surface area contributed by atoms with Crippen LogP contribution >= 0.6 is 11.6 Å². The van der Waals surface area contributed by atoms with Gasteiger partial charge in [-0.3, -0.25) is 4.79 Å². The van der Waals surface area contributed by atoms with Crippen molar-refractivity contribution in [3.05, 3.63) is 22.7 Å². The van der Waals surface area contributed by atoms with Crippen molar-refractivity contribution in [2.45, 2.75) is 59.7 Å². The number of carbonyl (C=O) groups excluding carboxylic acids is 1. The fourth-order valence-electron chi connectivity index (χ4n) is 2.61. The second-order valence-electron chi connectivity index (χ2n) is 7.83. The summed E-state index contributed by atoms with van der Waals surface area (Å²) in [5, 5.41) is 3.27. The lowest BCUT2D eigenvalue weighted by molar-refractivity contribution is -0.0141. The number of rotatable bonds is 11. The lowest BCUT2D eigenvalue weighted by Gasteiger charge is -2.22. The van der Waals surface area contributed by atoms with E-state index in [0.29, 0.717) is 41.6 Å². The van der Waals surface area contributed by atoms with Crippen molar-refractivity contribution in [2.24, 2.45) is 0 Å². The first kappa shape index (κ1) is 24.5. The molecule has 1 amide bonds. The molecule has 0 bridgehead atoms. The number of hydrogen-bond acceptors (Lipinski definition) is 5. The van der Waals surface area contributed by atoms with Crippen molar-refractivity contribution >= 4 is 23.2 Å². The zero-order chi connectivity index (χ0) is 21.3. The number of ether oxygens (including phenoxy) is 2. The number of nitrogen functional groups attached to an aromatic ring is 1. The maximum Gasteiger partial charge on any atom is 0.255 e. The Balaban J connectivity index is 2.77. The lowest BCUT2D eigenvalue weighted by Crippen LogP contribution is -2.35. The maximum atomic E-state index is 12.7. The van der Waals surface area contributed by atoms with Crippen molar-refractivity contribution in [3.8, 4) is 5.75 Å². The molecule has 0 aliphatic heterocycles. The SMILES string of the molecule is CCN(CC)CCNC(=O)c1cc(Cl)c(N)cc1OC(C)CCOC(C)(C)C. The van der Waals surface area contributed by atoms with E-state index >= 15 is 0 Å². The van der Waals surface area contributed by atoms with Gasteiger partial charge in [-0.1, -0.05) is 25.4 Å². The fourth-order valence-corrected chi connectivity index (χ4v) is 2.78. The van der Waals surface area contributed by atoms with E-state index < -0.39 is 0 Å². The van der Waals surface area contributed by atoms with Gasteiger partial charge in [0.05, 0.1) is 34.6 Å². The number of amides is 1. The van der Waals surface area contributed by atoms with Crippen LogP contribution in [0.25, 0.3) is 0 Å². The average molecular weight is 414 g/mol. The van der Waals surface area contributed by atoms with Crippen LogP contribution in [0, 0.1) is 0 Å². The van der Waals surface area contributed by atoms with Crippen LogP contribution in [0.4, 0.5) is 5.69 Å². The van der Waals surface area contributed by atoms with Gasteiger partial charge in [0.1, 0.15) is 5.75 Å². The number of likely N-dealkylation sites (N-methyl/N-ethyl adjacent to an activating group) is 1. The molecule has 0 aliphatic rings. The summed E-state index contributed by atoms with van der Waals surface area (Å²) in [6.45, 7) is 16.0. The van der Waals surface area contributed by atoms with E-state index in [1.807, 2.05) is 27.7 Å². The van der Waals surface area contributed by atoms with Crippen LogP contribution in [0.1, 0.15) is 58.3 Å². The lowest BCUT2D eigenvalue weighted by atomic mass is 10.1. The van der Waals surface area contributed by atoms with Gasteiger partial charge in [0.2, 0.25) is 0 Å². The highest BCUT2D eigenvalue weighted by Crippen LogP contribution is 2.30. The first-order chi connectivity index (χ1) is 13.1. The third kappa shape index (κ3) is 8.67. The monoisotopic (exact) mass is 413 g/mol. The summed E-state index contributed by atoms with van der Waals surface area (Å²) < 4.78 is 11.7. The summed E-state index contributed by atoms with van der Waals surface area (Å²) in [4.78, 5) is 14.9. The van der Waals surface area contributed by atoms with Crippen molar-refractivity contribution < 1.29 is 14.3 Å². The van der Waals surface area contributed by atoms with Crippen LogP contribution in [0.3, 0.4) is 0 Å². The number of nitrogens with two attached hydrogens (primary N) is 1. The minimum absolute atomic E-state index is 0.134. The summed E-state index contributed by atoms with van der Waals surface area (Å²) in [6, 6.07) is 3.18. The van der Waals surface area contributed by atoms with Crippen LogP contribution in [-0.4, -0.2) is 55.3 Å². The molecule has 3 N–H and O–H groups in total. The van der Waals surface area contributed by atoms with Gasteiger partial charge in [0, 0.05) is 25.6 Å². The van der Waals surface area contributed by atoms with Gasteiger partial charge >= 0.3 is 0 Å². The molecular weight excluding hydrogens is 378 g/mol. The fraction of sp³-hybridized carbons (Fsp3) is 0.667. The van der Waals surface area contributed by atoms with E-state index in [4.69, 9.17) is 26.8 Å². The molecule has 1 unspecified atom stereocenters. The standard InChI is InChI=1S/C21H36ClN3O3/c1-7-25(8-2)11-10-24-20(26)16-13-17(22)18(23)14-19(16)28-15(3)9-12-27-21(4,5)6/h13-15H,7-12,23H2,1-6H3,(H,24,26). The molecule has 1 atom stereocenters. The molecule has 0 saturated heterocycles. The van der Waals surface area contributed by atoms with Crippen molar-refractivity contribution in [3.63, 3.8) is 0 Å². The highest BCUT2D eigenvalue weighted by Gasteiger charge is 2.18. The molecule has 1 aromatic rings. The quantitative estimate of drug-likeness (QED) is 0.537. The molecule has 0 heterocycles. The van der Waals surface area contributed by atoms with Gasteiger partial charge in [-0.05, 0) is 46.9 Å². The topological polar surface area (TPSA) is 76.8 Å². The summed E-state index contributed by atoms with van der Waals surface area (Å²) in [5.41, 5.74) is 6.50. The van der Waals surface area contributed by atoms with Gasteiger partial charge < -0.3 is 25.4 Å². The molecule has 28 heavy (non-hydrogen) atoms. The van der Waals surface area contributed by atoms with E-state index in [2.05, 4.69) is 24.1 Å². The molecule has 1 aromatic carbocycles. The van der Waals surface area contributed by atoms with Gasteiger partial charge in [-0.25, -0.2) is 0 Å². The largest absolute Gasteiger partial charge is 0.490 e. The van der Waals surface area contributed by atoms with Crippen molar-refractivity contribution in [2.75, 3.05) is 38.5 Å². The molecule has 0 saturated carbocycles. The minimum atomic E-state index is -0.220. The van der Waals surface area contributed by atoms with Crippen molar-refractivity contribution in [1.29, 1.82) is 0 Å². The van der Waals surface area contributed by atoms with Gasteiger partial charge in [-0.2, -0.15) is 0 Å². The Labute approximate surface area is 174 Å². The zero-order valence-electron chi connectivity index (χ0n) is 18.1. The minimum Gasteiger partial charge on any atom is -0.490 e. The second-order valence-corrected chi connectivity index (χ2v) is 8.24. The van der Waals surface area contributed by atoms with Crippen LogP contribution in [0.2, 0.25) is 5.02 Å². The molecule has 0 fully saturated rings. The Morgan fingerprint density at radius 1 is 1.29 bits per heavy atom. The predicted molar refractivity (Wildman–Crippen MR) is 116 cm³/mol. The van der Waals surface area contributed by atoms with Crippen LogP contribution < -0.4 is 15.8 Å². The number of nitrogens with zero attached hydrogens (tertiary/aromatic N) is 1. The Bertz CT molecular complexity index is 628. The summed E-state index contributed by atoms with van der Waals surface area (Å²) in [6.07, 6.45) is 0.563. The molecule has 7 heteroatoms. The van der Waals surface area contributed by atoms with Gasteiger partial charge in [0.15, 0.2) is 0 Å². The molecule has 160 valence electrons. The molecule has 0 aromatic heterocycles. The second kappa shape index (κ2) is 11.5. The highest BCUT2D eigenvalue weighted by atomic mass is 35.5.